The molecule has 0 saturated heterocycles. The van der Waals surface area contributed by atoms with E-state index in [1.54, 1.807) is 20.1 Å². The van der Waals surface area contributed by atoms with Crippen LogP contribution in [-0.2, 0) is 4.74 Å². The topological polar surface area (TPSA) is 35.5 Å². The number of unbranched alkanes of at least 4 members (excludes halogenated alkanes) is 3. The lowest BCUT2D eigenvalue weighted by atomic mass is 10.0. The number of ketones is 1. The first-order valence-corrected chi connectivity index (χ1v) is 7.41. The highest BCUT2D eigenvalue weighted by Crippen LogP contribution is 2.31. The molecule has 0 bridgehead atoms. The van der Waals surface area contributed by atoms with Crippen molar-refractivity contribution in [3.8, 4) is 5.75 Å². The van der Waals surface area contributed by atoms with Crippen molar-refractivity contribution < 1.29 is 14.3 Å². The van der Waals surface area contributed by atoms with Gasteiger partial charge >= 0.3 is 0 Å². The first kappa shape index (κ1) is 16.7. The summed E-state index contributed by atoms with van der Waals surface area (Å²) in [5.74, 6) is 0.653. The highest BCUT2D eigenvalue weighted by atomic mass is 16.5. The van der Waals surface area contributed by atoms with Crippen LogP contribution in [-0.4, -0.2) is 19.5 Å². The van der Waals surface area contributed by atoms with Crippen LogP contribution in [0.5, 0.6) is 5.75 Å². The smallest absolute Gasteiger partial charge is 0.163 e. The molecule has 1 aromatic carbocycles. The number of rotatable bonds is 9. The maximum absolute atomic E-state index is 11.6. The fraction of sp³-hybridized carbons (Fsp3) is 0.588. The van der Waals surface area contributed by atoms with E-state index in [9.17, 15) is 4.79 Å². The van der Waals surface area contributed by atoms with Gasteiger partial charge in [0.2, 0.25) is 0 Å². The predicted molar refractivity (Wildman–Crippen MR) is 81.5 cm³/mol. The molecule has 3 heteroatoms. The van der Waals surface area contributed by atoms with E-state index in [0.29, 0.717) is 11.3 Å². The SMILES string of the molecule is CCCCCCO[C@H](C)c1cccc(C(C)=O)c1OC. The van der Waals surface area contributed by atoms with Crippen LogP contribution in [0.3, 0.4) is 0 Å². The zero-order valence-electron chi connectivity index (χ0n) is 13.1. The van der Waals surface area contributed by atoms with Crippen molar-refractivity contribution in [2.45, 2.75) is 52.6 Å². The highest BCUT2D eigenvalue weighted by Gasteiger charge is 2.17. The monoisotopic (exact) mass is 278 g/mol. The van der Waals surface area contributed by atoms with E-state index in [1.165, 1.54) is 19.3 Å². The van der Waals surface area contributed by atoms with Crippen LogP contribution in [0.2, 0.25) is 0 Å². The van der Waals surface area contributed by atoms with Gasteiger partial charge in [0.25, 0.3) is 0 Å². The maximum atomic E-state index is 11.6. The van der Waals surface area contributed by atoms with E-state index < -0.39 is 0 Å². The molecule has 0 spiro atoms. The maximum Gasteiger partial charge on any atom is 0.163 e. The van der Waals surface area contributed by atoms with E-state index in [1.807, 2.05) is 19.1 Å². The largest absolute Gasteiger partial charge is 0.496 e. The van der Waals surface area contributed by atoms with Crippen LogP contribution in [0, 0.1) is 0 Å². The Labute approximate surface area is 122 Å². The minimum atomic E-state index is -0.0640. The third-order valence-electron chi connectivity index (χ3n) is 3.43. The molecule has 112 valence electrons. The number of Topliss-reactive ketones (excluding diaryl/α,β-unsaturated/α-hetero) is 1. The molecule has 0 aliphatic heterocycles. The Bertz CT molecular complexity index is 426. The third-order valence-corrected chi connectivity index (χ3v) is 3.43. The molecule has 0 aliphatic rings. The van der Waals surface area contributed by atoms with Crippen LogP contribution < -0.4 is 4.74 Å². The van der Waals surface area contributed by atoms with Gasteiger partial charge in [-0.25, -0.2) is 0 Å². The lowest BCUT2D eigenvalue weighted by Gasteiger charge is -2.18. The Morgan fingerprint density at radius 1 is 1.25 bits per heavy atom. The molecule has 0 radical (unpaired) electrons. The lowest BCUT2D eigenvalue weighted by Crippen LogP contribution is -2.07. The van der Waals surface area contributed by atoms with Crippen molar-refractivity contribution in [2.75, 3.05) is 13.7 Å². The summed E-state index contributed by atoms with van der Waals surface area (Å²) >= 11 is 0. The molecule has 0 saturated carbocycles. The second-order valence-corrected chi connectivity index (χ2v) is 5.06. The molecule has 0 fully saturated rings. The lowest BCUT2D eigenvalue weighted by molar-refractivity contribution is 0.0610. The molecular formula is C17H26O3. The molecule has 3 nitrogen and oxygen atoms in total. The number of carbonyl (C=O) groups excluding carboxylic acids is 1. The van der Waals surface area contributed by atoms with E-state index in [0.717, 1.165) is 18.6 Å². The Morgan fingerprint density at radius 3 is 2.60 bits per heavy atom. The number of para-hydroxylation sites is 1. The van der Waals surface area contributed by atoms with Gasteiger partial charge in [-0.2, -0.15) is 0 Å². The van der Waals surface area contributed by atoms with Gasteiger partial charge in [0.15, 0.2) is 5.78 Å². The summed E-state index contributed by atoms with van der Waals surface area (Å²) in [4.78, 5) is 11.6. The van der Waals surface area contributed by atoms with Gasteiger partial charge < -0.3 is 9.47 Å². The molecule has 1 aromatic rings. The number of methoxy groups -OCH3 is 1. The van der Waals surface area contributed by atoms with Crippen molar-refractivity contribution in [1.29, 1.82) is 0 Å². The number of ether oxygens (including phenoxy) is 2. The molecule has 0 aliphatic carbocycles. The summed E-state index contributed by atoms with van der Waals surface area (Å²) in [6.45, 7) is 6.50. The quantitative estimate of drug-likeness (QED) is 0.491. The minimum absolute atomic E-state index is 0.0128. The van der Waals surface area contributed by atoms with Gasteiger partial charge in [0.1, 0.15) is 5.75 Å². The average Bonchev–Trinajstić information content (AvgIpc) is 2.45. The van der Waals surface area contributed by atoms with Gasteiger partial charge in [-0.15, -0.1) is 0 Å². The minimum Gasteiger partial charge on any atom is -0.496 e. The molecule has 20 heavy (non-hydrogen) atoms. The first-order valence-electron chi connectivity index (χ1n) is 7.41. The molecule has 0 aromatic heterocycles. The number of hydrogen-bond acceptors (Lipinski definition) is 3. The average molecular weight is 278 g/mol. The normalized spacial score (nSPS) is 12.2. The fourth-order valence-corrected chi connectivity index (χ4v) is 2.26. The number of hydrogen-bond donors (Lipinski definition) is 0. The molecular weight excluding hydrogens is 252 g/mol. The van der Waals surface area contributed by atoms with Crippen molar-refractivity contribution in [3.05, 3.63) is 29.3 Å². The van der Waals surface area contributed by atoms with Crippen LogP contribution >= 0.6 is 0 Å². The van der Waals surface area contributed by atoms with Gasteiger partial charge in [-0.1, -0.05) is 38.3 Å². The second kappa shape index (κ2) is 8.75. The highest BCUT2D eigenvalue weighted by molar-refractivity contribution is 5.97. The zero-order valence-corrected chi connectivity index (χ0v) is 13.1. The molecule has 0 amide bonds. The summed E-state index contributed by atoms with van der Waals surface area (Å²) < 4.78 is 11.3. The Balaban J connectivity index is 2.70. The molecule has 1 atom stereocenters. The summed E-state index contributed by atoms with van der Waals surface area (Å²) in [7, 11) is 1.60. The molecule has 1 rings (SSSR count). The van der Waals surface area contributed by atoms with E-state index in [-0.39, 0.29) is 11.9 Å². The first-order chi connectivity index (χ1) is 9.61. The van der Waals surface area contributed by atoms with Gasteiger partial charge in [0.05, 0.1) is 18.8 Å². The predicted octanol–water partition coefficient (Wildman–Crippen LogP) is 4.56. The summed E-state index contributed by atoms with van der Waals surface area (Å²) in [6, 6.07) is 5.63. The van der Waals surface area contributed by atoms with E-state index >= 15 is 0 Å². The van der Waals surface area contributed by atoms with Crippen LogP contribution in [0.1, 0.15) is 68.5 Å². The summed E-state index contributed by atoms with van der Waals surface area (Å²) in [5.41, 5.74) is 1.56. The Hall–Kier alpha value is -1.35. The Morgan fingerprint density at radius 2 is 2.00 bits per heavy atom. The van der Waals surface area contributed by atoms with Gasteiger partial charge in [-0.3, -0.25) is 4.79 Å². The molecule has 0 heterocycles. The standard InChI is InChI=1S/C17H26O3/c1-5-6-7-8-12-20-14(3)16-11-9-10-15(13(2)18)17(16)19-4/h9-11,14H,5-8,12H2,1-4H3/t14-/m1/s1. The van der Waals surface area contributed by atoms with Crippen LogP contribution in [0.15, 0.2) is 18.2 Å². The van der Waals surface area contributed by atoms with Crippen LogP contribution in [0.4, 0.5) is 0 Å². The van der Waals surface area contributed by atoms with Crippen molar-refractivity contribution in [3.63, 3.8) is 0 Å². The summed E-state index contributed by atoms with van der Waals surface area (Å²) in [6.07, 6.45) is 4.69. The molecule has 0 N–H and O–H groups in total. The zero-order chi connectivity index (χ0) is 15.0. The van der Waals surface area contributed by atoms with E-state index in [4.69, 9.17) is 9.47 Å². The summed E-state index contributed by atoms with van der Waals surface area (Å²) in [5, 5.41) is 0. The van der Waals surface area contributed by atoms with Gasteiger partial charge in [-0.05, 0) is 26.3 Å². The molecule has 0 unspecified atom stereocenters. The van der Waals surface area contributed by atoms with Crippen molar-refractivity contribution in [2.24, 2.45) is 0 Å². The number of carbonyl (C=O) groups is 1. The third kappa shape index (κ3) is 4.64. The van der Waals surface area contributed by atoms with Crippen molar-refractivity contribution >= 4 is 5.78 Å². The van der Waals surface area contributed by atoms with Crippen molar-refractivity contribution in [1.82, 2.24) is 0 Å². The van der Waals surface area contributed by atoms with Gasteiger partial charge in [0, 0.05) is 12.2 Å². The fourth-order valence-electron chi connectivity index (χ4n) is 2.26. The van der Waals surface area contributed by atoms with Crippen LogP contribution in [0.25, 0.3) is 0 Å². The Kier molecular flexibility index (Phi) is 7.31. The number of benzene rings is 1. The van der Waals surface area contributed by atoms with E-state index in [2.05, 4.69) is 6.92 Å². The second-order valence-electron chi connectivity index (χ2n) is 5.06.